The third-order valence-electron chi connectivity index (χ3n) is 3.26. The van der Waals surface area contributed by atoms with Crippen molar-refractivity contribution in [1.82, 2.24) is 0 Å². The molecule has 0 fully saturated rings. The molecule has 0 amide bonds. The zero-order chi connectivity index (χ0) is 12.4. The Balaban J connectivity index is 2.37. The number of nitrogens with two attached hydrogens (primary N) is 1. The summed E-state index contributed by atoms with van der Waals surface area (Å²) < 4.78 is 14.0. The number of para-hydroxylation sites is 1. The monoisotopic (exact) mass is 234 g/mol. The second-order valence-corrected chi connectivity index (χ2v) is 4.71. The minimum atomic E-state index is -0.173. The normalized spacial score (nSPS) is 17.9. The predicted octanol–water partition coefficient (Wildman–Crippen LogP) is 3.00. The molecule has 2 nitrogen and oxygen atoms in total. The summed E-state index contributed by atoms with van der Waals surface area (Å²) in [5.74, 6) is -0.173. The molecular weight excluding hydrogens is 215 g/mol. The molecule has 0 saturated carbocycles. The van der Waals surface area contributed by atoms with Crippen LogP contribution in [0.4, 0.5) is 10.1 Å². The molecular formula is C14H19FN2. The Kier molecular flexibility index (Phi) is 3.48. The topological polar surface area (TPSA) is 29.3 Å². The van der Waals surface area contributed by atoms with Gasteiger partial charge in [-0.15, -0.1) is 0 Å². The van der Waals surface area contributed by atoms with Crippen LogP contribution in [0.3, 0.4) is 0 Å². The quantitative estimate of drug-likeness (QED) is 0.797. The SMILES string of the molecule is CC1=CCN(c2c(F)cccc2[C@H](C)N)CC1. The molecule has 1 aliphatic rings. The molecule has 1 aromatic rings. The highest BCUT2D eigenvalue weighted by Gasteiger charge is 2.19. The summed E-state index contributed by atoms with van der Waals surface area (Å²) in [7, 11) is 0. The molecule has 1 heterocycles. The first-order valence-electron chi connectivity index (χ1n) is 6.04. The van der Waals surface area contributed by atoms with E-state index in [0.29, 0.717) is 5.69 Å². The maximum absolute atomic E-state index is 14.0. The van der Waals surface area contributed by atoms with Gasteiger partial charge in [0.05, 0.1) is 5.69 Å². The summed E-state index contributed by atoms with van der Waals surface area (Å²) in [4.78, 5) is 2.07. The standard InChI is InChI=1S/C14H19FN2/c1-10-6-8-17(9-7-10)14-12(11(2)16)4-3-5-13(14)15/h3-6,11H,7-9,16H2,1-2H3/t11-/m0/s1. The van der Waals surface area contributed by atoms with Gasteiger partial charge in [-0.25, -0.2) is 4.39 Å². The molecule has 0 spiro atoms. The maximum Gasteiger partial charge on any atom is 0.146 e. The van der Waals surface area contributed by atoms with Gasteiger partial charge in [0.15, 0.2) is 0 Å². The molecule has 92 valence electrons. The summed E-state index contributed by atoms with van der Waals surface area (Å²) in [6.45, 7) is 5.64. The lowest BCUT2D eigenvalue weighted by molar-refractivity contribution is 0.610. The van der Waals surface area contributed by atoms with Gasteiger partial charge in [-0.1, -0.05) is 23.8 Å². The van der Waals surface area contributed by atoms with Crippen LogP contribution in [0.1, 0.15) is 31.9 Å². The zero-order valence-corrected chi connectivity index (χ0v) is 10.4. The van der Waals surface area contributed by atoms with Gasteiger partial charge in [-0.3, -0.25) is 0 Å². The summed E-state index contributed by atoms with van der Waals surface area (Å²) >= 11 is 0. The fourth-order valence-corrected chi connectivity index (χ4v) is 2.21. The van der Waals surface area contributed by atoms with Crippen LogP contribution >= 0.6 is 0 Å². The van der Waals surface area contributed by atoms with Crippen molar-refractivity contribution >= 4 is 5.69 Å². The number of halogens is 1. The van der Waals surface area contributed by atoms with Gasteiger partial charge in [-0.2, -0.15) is 0 Å². The van der Waals surface area contributed by atoms with E-state index in [1.807, 2.05) is 13.0 Å². The smallest absolute Gasteiger partial charge is 0.146 e. The van der Waals surface area contributed by atoms with E-state index in [4.69, 9.17) is 5.73 Å². The highest BCUT2D eigenvalue weighted by Crippen LogP contribution is 2.30. The van der Waals surface area contributed by atoms with Crippen LogP contribution in [0.25, 0.3) is 0 Å². The van der Waals surface area contributed by atoms with Gasteiger partial charge >= 0.3 is 0 Å². The fraction of sp³-hybridized carbons (Fsp3) is 0.429. The van der Waals surface area contributed by atoms with Gasteiger partial charge < -0.3 is 10.6 Å². The lowest BCUT2D eigenvalue weighted by Gasteiger charge is -2.30. The number of nitrogens with zero attached hydrogens (tertiary/aromatic N) is 1. The van der Waals surface area contributed by atoms with Crippen LogP contribution < -0.4 is 10.6 Å². The summed E-state index contributed by atoms with van der Waals surface area (Å²) in [5.41, 5.74) is 8.84. The number of benzene rings is 1. The lowest BCUT2D eigenvalue weighted by Crippen LogP contribution is -2.30. The van der Waals surface area contributed by atoms with Crippen molar-refractivity contribution in [2.24, 2.45) is 5.73 Å². The van der Waals surface area contributed by atoms with Crippen LogP contribution in [-0.4, -0.2) is 13.1 Å². The van der Waals surface area contributed by atoms with Crippen molar-refractivity contribution in [3.63, 3.8) is 0 Å². The van der Waals surface area contributed by atoms with Crippen molar-refractivity contribution in [2.45, 2.75) is 26.3 Å². The molecule has 0 saturated heterocycles. The minimum Gasteiger partial charge on any atom is -0.365 e. The first-order chi connectivity index (χ1) is 8.09. The number of hydrogen-bond acceptors (Lipinski definition) is 2. The average molecular weight is 234 g/mol. The van der Waals surface area contributed by atoms with E-state index in [2.05, 4.69) is 17.9 Å². The molecule has 3 heteroatoms. The third-order valence-corrected chi connectivity index (χ3v) is 3.26. The molecule has 2 rings (SSSR count). The van der Waals surface area contributed by atoms with E-state index in [0.717, 1.165) is 25.1 Å². The Labute approximate surface area is 102 Å². The van der Waals surface area contributed by atoms with Gasteiger partial charge in [-0.05, 0) is 31.9 Å². The number of anilines is 1. The first-order valence-corrected chi connectivity index (χ1v) is 6.04. The van der Waals surface area contributed by atoms with Gasteiger partial charge in [0, 0.05) is 19.1 Å². The van der Waals surface area contributed by atoms with E-state index in [9.17, 15) is 4.39 Å². The number of hydrogen-bond donors (Lipinski definition) is 1. The second kappa shape index (κ2) is 4.88. The largest absolute Gasteiger partial charge is 0.365 e. The van der Waals surface area contributed by atoms with E-state index in [1.54, 1.807) is 6.07 Å². The molecule has 0 aromatic heterocycles. The molecule has 0 radical (unpaired) electrons. The van der Waals surface area contributed by atoms with Crippen LogP contribution in [0.2, 0.25) is 0 Å². The molecule has 0 unspecified atom stereocenters. The summed E-state index contributed by atoms with van der Waals surface area (Å²) in [6, 6.07) is 5.00. The van der Waals surface area contributed by atoms with Gasteiger partial charge in [0.25, 0.3) is 0 Å². The summed E-state index contributed by atoms with van der Waals surface area (Å²) in [5, 5.41) is 0. The molecule has 2 N–H and O–H groups in total. The average Bonchev–Trinajstić information content (AvgIpc) is 2.30. The molecule has 1 atom stereocenters. The van der Waals surface area contributed by atoms with Crippen LogP contribution in [0, 0.1) is 5.82 Å². The second-order valence-electron chi connectivity index (χ2n) is 4.71. The highest BCUT2D eigenvalue weighted by molar-refractivity contribution is 5.57. The van der Waals surface area contributed by atoms with Crippen LogP contribution in [-0.2, 0) is 0 Å². The van der Waals surface area contributed by atoms with Crippen molar-refractivity contribution in [2.75, 3.05) is 18.0 Å². The Bertz CT molecular complexity index is 438. The molecule has 0 aliphatic carbocycles. The molecule has 1 aromatic carbocycles. The van der Waals surface area contributed by atoms with Crippen molar-refractivity contribution in [1.29, 1.82) is 0 Å². The van der Waals surface area contributed by atoms with E-state index in [-0.39, 0.29) is 11.9 Å². The van der Waals surface area contributed by atoms with E-state index >= 15 is 0 Å². The third kappa shape index (κ3) is 2.50. The van der Waals surface area contributed by atoms with Gasteiger partial charge in [0.2, 0.25) is 0 Å². The number of rotatable bonds is 2. The van der Waals surface area contributed by atoms with Gasteiger partial charge in [0.1, 0.15) is 5.82 Å². The Morgan fingerprint density at radius 1 is 1.41 bits per heavy atom. The minimum absolute atomic E-state index is 0.146. The van der Waals surface area contributed by atoms with Crippen LogP contribution in [0.5, 0.6) is 0 Å². The first kappa shape index (κ1) is 12.1. The van der Waals surface area contributed by atoms with Crippen LogP contribution in [0.15, 0.2) is 29.8 Å². The predicted molar refractivity (Wildman–Crippen MR) is 69.6 cm³/mol. The molecule has 17 heavy (non-hydrogen) atoms. The Morgan fingerprint density at radius 2 is 2.18 bits per heavy atom. The van der Waals surface area contributed by atoms with E-state index in [1.165, 1.54) is 11.6 Å². The fourth-order valence-electron chi connectivity index (χ4n) is 2.21. The van der Waals surface area contributed by atoms with Crippen molar-refractivity contribution < 1.29 is 4.39 Å². The summed E-state index contributed by atoms with van der Waals surface area (Å²) in [6.07, 6.45) is 3.15. The van der Waals surface area contributed by atoms with Crippen molar-refractivity contribution in [3.8, 4) is 0 Å². The Morgan fingerprint density at radius 3 is 2.76 bits per heavy atom. The van der Waals surface area contributed by atoms with Crippen molar-refractivity contribution in [3.05, 3.63) is 41.2 Å². The molecule has 0 bridgehead atoms. The maximum atomic E-state index is 14.0. The Hall–Kier alpha value is -1.35. The van der Waals surface area contributed by atoms with E-state index < -0.39 is 0 Å². The molecule has 1 aliphatic heterocycles. The zero-order valence-electron chi connectivity index (χ0n) is 10.4. The lowest BCUT2D eigenvalue weighted by atomic mass is 10.0. The highest BCUT2D eigenvalue weighted by atomic mass is 19.1.